The first-order valence-corrected chi connectivity index (χ1v) is 6.71. The maximum atomic E-state index is 12.3. The van der Waals surface area contributed by atoms with Crippen molar-refractivity contribution in [2.75, 3.05) is 17.7 Å². The van der Waals surface area contributed by atoms with Crippen LogP contribution in [-0.4, -0.2) is 17.9 Å². The summed E-state index contributed by atoms with van der Waals surface area (Å²) in [6.07, 6.45) is 1.64. The van der Waals surface area contributed by atoms with Crippen LogP contribution in [0.1, 0.15) is 10.5 Å². The number of nitrogens with zero attached hydrogens (tertiary/aromatic N) is 1. The van der Waals surface area contributed by atoms with Crippen LogP contribution in [0.5, 0.6) is 0 Å². The van der Waals surface area contributed by atoms with Gasteiger partial charge in [0.1, 0.15) is 5.69 Å². The minimum atomic E-state index is -0.214. The Morgan fingerprint density at radius 1 is 1.00 bits per heavy atom. The van der Waals surface area contributed by atoms with E-state index < -0.39 is 0 Å². The van der Waals surface area contributed by atoms with Gasteiger partial charge in [-0.1, -0.05) is 36.4 Å². The van der Waals surface area contributed by atoms with Crippen molar-refractivity contribution in [3.8, 4) is 0 Å². The smallest absolute Gasteiger partial charge is 0.274 e. The van der Waals surface area contributed by atoms with Crippen LogP contribution in [0, 0.1) is 0 Å². The molecule has 0 radical (unpaired) electrons. The molecule has 21 heavy (non-hydrogen) atoms. The summed E-state index contributed by atoms with van der Waals surface area (Å²) in [5.74, 6) is -0.214. The predicted octanol–water partition coefficient (Wildman–Crippen LogP) is 3.53. The van der Waals surface area contributed by atoms with Crippen LogP contribution in [0.25, 0.3) is 10.8 Å². The number of carbonyl (C=O) groups excluding carboxylic acids is 1. The lowest BCUT2D eigenvalue weighted by molar-refractivity contribution is 0.102. The average molecular weight is 277 g/mol. The van der Waals surface area contributed by atoms with E-state index in [0.29, 0.717) is 5.69 Å². The Bertz CT molecular complexity index is 776. The Kier molecular flexibility index (Phi) is 3.51. The van der Waals surface area contributed by atoms with Crippen LogP contribution in [0.15, 0.2) is 60.8 Å². The van der Waals surface area contributed by atoms with Gasteiger partial charge in [-0.15, -0.1) is 0 Å². The number of benzene rings is 2. The number of hydrogen-bond donors (Lipinski definition) is 2. The third-order valence-corrected chi connectivity index (χ3v) is 3.32. The van der Waals surface area contributed by atoms with E-state index in [2.05, 4.69) is 15.6 Å². The number of rotatable bonds is 3. The molecule has 1 aromatic heterocycles. The molecule has 4 heteroatoms. The zero-order valence-electron chi connectivity index (χ0n) is 11.6. The fraction of sp³-hybridized carbons (Fsp3) is 0.0588. The van der Waals surface area contributed by atoms with Crippen LogP contribution in [0.2, 0.25) is 0 Å². The number of amides is 1. The molecular weight excluding hydrogens is 262 g/mol. The van der Waals surface area contributed by atoms with Gasteiger partial charge in [0.2, 0.25) is 0 Å². The van der Waals surface area contributed by atoms with Crippen molar-refractivity contribution >= 4 is 28.1 Å². The molecule has 0 atom stereocenters. The van der Waals surface area contributed by atoms with E-state index in [4.69, 9.17) is 0 Å². The second kappa shape index (κ2) is 5.63. The Morgan fingerprint density at radius 3 is 2.57 bits per heavy atom. The summed E-state index contributed by atoms with van der Waals surface area (Å²) >= 11 is 0. The van der Waals surface area contributed by atoms with Gasteiger partial charge in [0.15, 0.2) is 0 Å². The second-order valence-corrected chi connectivity index (χ2v) is 4.66. The summed E-state index contributed by atoms with van der Waals surface area (Å²) in [5, 5.41) is 8.00. The van der Waals surface area contributed by atoms with Crippen LogP contribution in [0.3, 0.4) is 0 Å². The molecule has 3 aromatic rings. The molecule has 1 heterocycles. The van der Waals surface area contributed by atoms with Crippen molar-refractivity contribution in [2.24, 2.45) is 0 Å². The summed E-state index contributed by atoms with van der Waals surface area (Å²) in [6, 6.07) is 17.3. The van der Waals surface area contributed by atoms with Gasteiger partial charge in [0.25, 0.3) is 5.91 Å². The van der Waals surface area contributed by atoms with E-state index >= 15 is 0 Å². The molecule has 0 saturated carbocycles. The largest absolute Gasteiger partial charge is 0.387 e. The number of nitrogens with one attached hydrogen (secondary N) is 2. The summed E-state index contributed by atoms with van der Waals surface area (Å²) in [7, 11) is 1.81. The molecule has 2 N–H and O–H groups in total. The summed E-state index contributed by atoms with van der Waals surface area (Å²) < 4.78 is 0. The SMILES string of the molecule is CNc1ccc(C(=O)Nc2cccc3ccccc23)nc1. The average Bonchev–Trinajstić information content (AvgIpc) is 2.55. The first-order valence-electron chi connectivity index (χ1n) is 6.71. The molecular formula is C17H15N3O. The van der Waals surface area contributed by atoms with Gasteiger partial charge in [-0.2, -0.15) is 0 Å². The highest BCUT2D eigenvalue weighted by Gasteiger charge is 2.09. The Morgan fingerprint density at radius 2 is 1.81 bits per heavy atom. The normalized spacial score (nSPS) is 10.3. The van der Waals surface area contributed by atoms with Crippen molar-refractivity contribution in [3.05, 3.63) is 66.5 Å². The van der Waals surface area contributed by atoms with E-state index in [-0.39, 0.29) is 5.91 Å². The second-order valence-electron chi connectivity index (χ2n) is 4.66. The first-order chi connectivity index (χ1) is 10.3. The molecule has 0 unspecified atom stereocenters. The first kappa shape index (κ1) is 13.1. The van der Waals surface area contributed by atoms with Crippen molar-refractivity contribution in [1.82, 2.24) is 4.98 Å². The van der Waals surface area contributed by atoms with Crippen LogP contribution >= 0.6 is 0 Å². The number of aromatic nitrogens is 1. The number of fused-ring (bicyclic) bond motifs is 1. The minimum Gasteiger partial charge on any atom is -0.387 e. The van der Waals surface area contributed by atoms with E-state index in [1.807, 2.05) is 55.6 Å². The molecule has 2 aromatic carbocycles. The molecule has 3 rings (SSSR count). The molecule has 0 spiro atoms. The summed E-state index contributed by atoms with van der Waals surface area (Å²) in [6.45, 7) is 0. The van der Waals surface area contributed by atoms with Gasteiger partial charge in [0, 0.05) is 18.1 Å². The topological polar surface area (TPSA) is 54.0 Å². The standard InChI is InChI=1S/C17H15N3O/c1-18-13-9-10-16(19-11-13)17(21)20-15-8-4-6-12-5-2-3-7-14(12)15/h2-11,18H,1H3,(H,20,21). The van der Waals surface area contributed by atoms with E-state index in [0.717, 1.165) is 22.1 Å². The lowest BCUT2D eigenvalue weighted by Gasteiger charge is -2.08. The number of anilines is 2. The molecule has 0 aliphatic rings. The lowest BCUT2D eigenvalue weighted by Crippen LogP contribution is -2.13. The van der Waals surface area contributed by atoms with E-state index in [9.17, 15) is 4.79 Å². The monoisotopic (exact) mass is 277 g/mol. The van der Waals surface area contributed by atoms with E-state index in [1.165, 1.54) is 0 Å². The van der Waals surface area contributed by atoms with Crippen LogP contribution in [0.4, 0.5) is 11.4 Å². The van der Waals surface area contributed by atoms with Gasteiger partial charge in [-0.25, -0.2) is 4.98 Å². The number of carbonyl (C=O) groups is 1. The molecule has 0 fully saturated rings. The van der Waals surface area contributed by atoms with Crippen molar-refractivity contribution in [2.45, 2.75) is 0 Å². The maximum Gasteiger partial charge on any atom is 0.274 e. The molecule has 4 nitrogen and oxygen atoms in total. The quantitative estimate of drug-likeness (QED) is 0.770. The summed E-state index contributed by atoms with van der Waals surface area (Å²) in [5.41, 5.74) is 2.05. The molecule has 0 aliphatic carbocycles. The fourth-order valence-electron chi connectivity index (χ4n) is 2.20. The van der Waals surface area contributed by atoms with Crippen LogP contribution in [-0.2, 0) is 0 Å². The van der Waals surface area contributed by atoms with Crippen LogP contribution < -0.4 is 10.6 Å². The fourth-order valence-corrected chi connectivity index (χ4v) is 2.20. The third-order valence-electron chi connectivity index (χ3n) is 3.32. The van der Waals surface area contributed by atoms with E-state index in [1.54, 1.807) is 12.3 Å². The lowest BCUT2D eigenvalue weighted by atomic mass is 10.1. The van der Waals surface area contributed by atoms with Crippen molar-refractivity contribution in [1.29, 1.82) is 0 Å². The molecule has 0 bridgehead atoms. The Balaban J connectivity index is 1.89. The zero-order valence-corrected chi connectivity index (χ0v) is 11.6. The zero-order chi connectivity index (χ0) is 14.7. The van der Waals surface area contributed by atoms with Gasteiger partial charge in [0.05, 0.1) is 11.9 Å². The van der Waals surface area contributed by atoms with Crippen molar-refractivity contribution in [3.63, 3.8) is 0 Å². The Labute approximate surface area is 122 Å². The van der Waals surface area contributed by atoms with Crippen molar-refractivity contribution < 1.29 is 4.79 Å². The summed E-state index contributed by atoms with van der Waals surface area (Å²) in [4.78, 5) is 16.4. The molecule has 0 aliphatic heterocycles. The highest BCUT2D eigenvalue weighted by molar-refractivity contribution is 6.08. The maximum absolute atomic E-state index is 12.3. The molecule has 104 valence electrons. The highest BCUT2D eigenvalue weighted by Crippen LogP contribution is 2.23. The predicted molar refractivity (Wildman–Crippen MR) is 85.7 cm³/mol. The van der Waals surface area contributed by atoms with Gasteiger partial charge >= 0.3 is 0 Å². The minimum absolute atomic E-state index is 0.214. The molecule has 0 saturated heterocycles. The molecule has 1 amide bonds. The van der Waals surface area contributed by atoms with Gasteiger partial charge in [-0.3, -0.25) is 4.79 Å². The van der Waals surface area contributed by atoms with Gasteiger partial charge in [-0.05, 0) is 23.6 Å². The number of hydrogen-bond acceptors (Lipinski definition) is 3. The Hall–Kier alpha value is -2.88. The third kappa shape index (κ3) is 2.69. The number of pyridine rings is 1. The van der Waals surface area contributed by atoms with Gasteiger partial charge < -0.3 is 10.6 Å². The highest BCUT2D eigenvalue weighted by atomic mass is 16.1.